The number of hydrogen-bond acceptors (Lipinski definition) is 5. The van der Waals surface area contributed by atoms with Crippen molar-refractivity contribution in [1.82, 2.24) is 4.90 Å². The van der Waals surface area contributed by atoms with Crippen LogP contribution in [0.15, 0.2) is 42.5 Å². The summed E-state index contributed by atoms with van der Waals surface area (Å²) in [6.45, 7) is 3.86. The third-order valence-electron chi connectivity index (χ3n) is 5.44. The molecule has 1 fully saturated rings. The number of hydrogen-bond donors (Lipinski definition) is 1. The van der Waals surface area contributed by atoms with E-state index in [0.29, 0.717) is 24.3 Å². The summed E-state index contributed by atoms with van der Waals surface area (Å²) >= 11 is 5.45. The van der Waals surface area contributed by atoms with Crippen LogP contribution >= 0.6 is 12.2 Å². The van der Waals surface area contributed by atoms with E-state index in [1.54, 1.807) is 43.0 Å². The summed E-state index contributed by atoms with van der Waals surface area (Å²) in [6, 6.07) is 10.9. The van der Waals surface area contributed by atoms with Crippen molar-refractivity contribution in [2.45, 2.75) is 32.0 Å². The molecule has 2 aromatic carbocycles. The summed E-state index contributed by atoms with van der Waals surface area (Å²) in [6.07, 6.45) is -4.29. The zero-order valence-corrected chi connectivity index (χ0v) is 19.2. The predicted octanol–water partition coefficient (Wildman–Crippen LogP) is 3.86. The monoisotopic (exact) mass is 490 g/mol. The number of ether oxygens (including phenoxy) is 1. The normalized spacial score (nSPS) is 15.4. The van der Waals surface area contributed by atoms with Crippen molar-refractivity contribution in [3.63, 3.8) is 0 Å². The number of carbonyl (C=O) groups is 2. The molecule has 1 aliphatic heterocycles. The highest BCUT2D eigenvalue weighted by Crippen LogP contribution is 2.37. The highest BCUT2D eigenvalue weighted by molar-refractivity contribution is 7.80. The average molecular weight is 491 g/mol. The van der Waals surface area contributed by atoms with Crippen LogP contribution in [-0.4, -0.2) is 40.5 Å². The van der Waals surface area contributed by atoms with Crippen LogP contribution in [0.5, 0.6) is 5.75 Å². The van der Waals surface area contributed by atoms with Gasteiger partial charge in [-0.25, -0.2) is 0 Å². The smallest absolute Gasteiger partial charge is 0.417 e. The number of amides is 2. The van der Waals surface area contributed by atoms with E-state index in [0.717, 1.165) is 17.0 Å². The Balaban J connectivity index is 1.72. The molecule has 0 aromatic heterocycles. The number of halogens is 3. The fourth-order valence-corrected chi connectivity index (χ4v) is 4.08. The third-order valence-corrected chi connectivity index (χ3v) is 5.85. The van der Waals surface area contributed by atoms with Crippen LogP contribution < -0.4 is 15.4 Å². The number of nitrogens with two attached hydrogens (primary N) is 1. The van der Waals surface area contributed by atoms with Gasteiger partial charge in [0, 0.05) is 12.1 Å². The molecule has 1 heterocycles. The summed E-state index contributed by atoms with van der Waals surface area (Å²) < 4.78 is 45.8. The minimum Gasteiger partial charge on any atom is -0.494 e. The highest BCUT2D eigenvalue weighted by atomic mass is 32.1. The number of carbonyl (C=O) groups excluding carboxylic acids is 2. The van der Waals surface area contributed by atoms with Crippen molar-refractivity contribution in [2.75, 3.05) is 18.1 Å². The molecule has 11 heteroatoms. The largest absolute Gasteiger partial charge is 0.494 e. The second kappa shape index (κ2) is 9.30. The molecule has 0 atom stereocenters. The lowest BCUT2D eigenvalue weighted by atomic mass is 10.0. The molecule has 1 aliphatic rings. The van der Waals surface area contributed by atoms with Crippen molar-refractivity contribution in [3.05, 3.63) is 59.2 Å². The first-order chi connectivity index (χ1) is 15.9. The molecule has 34 heavy (non-hydrogen) atoms. The molecule has 178 valence electrons. The van der Waals surface area contributed by atoms with Gasteiger partial charge in [-0.15, -0.1) is 0 Å². The van der Waals surface area contributed by atoms with Gasteiger partial charge in [-0.2, -0.15) is 18.4 Å². The molecular formula is C23H21F3N4O3S. The number of anilines is 1. The Morgan fingerprint density at radius 1 is 1.21 bits per heavy atom. The molecule has 7 nitrogen and oxygen atoms in total. The van der Waals surface area contributed by atoms with Crippen molar-refractivity contribution < 1.29 is 27.5 Å². The molecule has 2 aromatic rings. The van der Waals surface area contributed by atoms with Crippen molar-refractivity contribution >= 4 is 34.8 Å². The maximum absolute atomic E-state index is 13.4. The second-order valence-corrected chi connectivity index (χ2v) is 8.43. The van der Waals surface area contributed by atoms with Crippen LogP contribution in [0.4, 0.5) is 18.9 Å². The lowest BCUT2D eigenvalue weighted by Crippen LogP contribution is -2.44. The highest BCUT2D eigenvalue weighted by Gasteiger charge is 2.49. The number of rotatable bonds is 7. The summed E-state index contributed by atoms with van der Waals surface area (Å²) in [5.74, 6) is -0.489. The van der Waals surface area contributed by atoms with Gasteiger partial charge in [0.1, 0.15) is 11.3 Å². The summed E-state index contributed by atoms with van der Waals surface area (Å²) in [5.41, 5.74) is 2.75. The Bertz CT molecular complexity index is 1170. The Morgan fingerprint density at radius 3 is 2.41 bits per heavy atom. The molecule has 3 rings (SSSR count). The van der Waals surface area contributed by atoms with Crippen molar-refractivity contribution in [3.8, 4) is 11.8 Å². The Kier molecular flexibility index (Phi) is 6.84. The average Bonchev–Trinajstić information content (AvgIpc) is 2.94. The maximum atomic E-state index is 13.4. The van der Waals surface area contributed by atoms with E-state index in [1.165, 1.54) is 12.1 Å². The van der Waals surface area contributed by atoms with Gasteiger partial charge in [-0.05, 0) is 75.0 Å². The molecule has 0 spiro atoms. The fourth-order valence-electron chi connectivity index (χ4n) is 3.57. The predicted molar refractivity (Wildman–Crippen MR) is 122 cm³/mol. The Morgan fingerprint density at radius 2 is 1.85 bits per heavy atom. The first-order valence-corrected chi connectivity index (χ1v) is 10.6. The van der Waals surface area contributed by atoms with Gasteiger partial charge in [-0.1, -0.05) is 0 Å². The molecule has 1 saturated heterocycles. The standard InChI is InChI=1S/C23H21F3N4O3S/c1-22(2)20(32)30(16-7-4-15(13-27)18(12-16)23(24,25)26)21(34)29(22)10-3-11-33-17-8-5-14(6-9-17)19(28)31/h4-9,12H,3,10-11H2,1-2H3,(H2,28,31). The topological polar surface area (TPSA) is 99.7 Å². The van der Waals surface area contributed by atoms with Crippen LogP contribution in [0.25, 0.3) is 0 Å². The lowest BCUT2D eigenvalue weighted by molar-refractivity contribution is -0.137. The van der Waals surface area contributed by atoms with Gasteiger partial charge < -0.3 is 15.4 Å². The molecule has 2 amide bonds. The molecular weight excluding hydrogens is 469 g/mol. The van der Waals surface area contributed by atoms with Crippen LogP contribution in [0.3, 0.4) is 0 Å². The fraction of sp³-hybridized carbons (Fsp3) is 0.304. The summed E-state index contributed by atoms with van der Waals surface area (Å²) in [4.78, 5) is 26.9. The van der Waals surface area contributed by atoms with E-state index in [4.69, 9.17) is 28.0 Å². The molecule has 0 saturated carbocycles. The Hall–Kier alpha value is -3.65. The van der Waals surface area contributed by atoms with Gasteiger partial charge >= 0.3 is 6.18 Å². The van der Waals surface area contributed by atoms with E-state index < -0.39 is 34.7 Å². The minimum absolute atomic E-state index is 0.0531. The van der Waals surface area contributed by atoms with Gasteiger partial charge in [0.25, 0.3) is 5.91 Å². The van der Waals surface area contributed by atoms with Crippen LogP contribution in [0, 0.1) is 11.3 Å². The molecule has 2 N–H and O–H groups in total. The number of nitriles is 1. The first kappa shape index (κ1) is 25.0. The van der Waals surface area contributed by atoms with Gasteiger partial charge in [0.05, 0.1) is 29.5 Å². The summed E-state index contributed by atoms with van der Waals surface area (Å²) in [5, 5.41) is 9.08. The van der Waals surface area contributed by atoms with E-state index in [1.807, 2.05) is 0 Å². The van der Waals surface area contributed by atoms with Crippen LogP contribution in [-0.2, 0) is 11.0 Å². The van der Waals surface area contributed by atoms with E-state index in [-0.39, 0.29) is 17.4 Å². The summed E-state index contributed by atoms with van der Waals surface area (Å²) in [7, 11) is 0. The minimum atomic E-state index is -4.76. The van der Waals surface area contributed by atoms with Crippen LogP contribution in [0.2, 0.25) is 0 Å². The quantitative estimate of drug-likeness (QED) is 0.468. The molecule has 0 unspecified atom stereocenters. The van der Waals surface area contributed by atoms with Crippen molar-refractivity contribution in [1.29, 1.82) is 5.26 Å². The van der Waals surface area contributed by atoms with Gasteiger partial charge in [0.15, 0.2) is 5.11 Å². The molecule has 0 bridgehead atoms. The number of primary amides is 1. The van der Waals surface area contributed by atoms with E-state index in [9.17, 15) is 22.8 Å². The first-order valence-electron chi connectivity index (χ1n) is 10.2. The van der Waals surface area contributed by atoms with E-state index in [2.05, 4.69) is 0 Å². The SMILES string of the molecule is CC1(C)C(=O)N(c2ccc(C#N)c(C(F)(F)F)c2)C(=S)N1CCCOc1ccc(C(N)=O)cc1. The van der Waals surface area contributed by atoms with Gasteiger partial charge in [-0.3, -0.25) is 14.5 Å². The van der Waals surface area contributed by atoms with Crippen LogP contribution in [0.1, 0.15) is 41.8 Å². The number of thiocarbonyl (C=S) groups is 1. The second-order valence-electron chi connectivity index (χ2n) is 8.06. The molecule has 0 aliphatic carbocycles. The number of nitrogens with zero attached hydrogens (tertiary/aromatic N) is 3. The number of alkyl halides is 3. The van der Waals surface area contributed by atoms with Gasteiger partial charge in [0.2, 0.25) is 5.91 Å². The Labute approximate surface area is 199 Å². The van der Waals surface area contributed by atoms with Crippen molar-refractivity contribution in [2.24, 2.45) is 5.73 Å². The zero-order chi connectivity index (χ0) is 25.3. The lowest BCUT2D eigenvalue weighted by Gasteiger charge is -2.29. The number of benzene rings is 2. The third kappa shape index (κ3) is 4.82. The zero-order valence-electron chi connectivity index (χ0n) is 18.3. The maximum Gasteiger partial charge on any atom is 0.417 e. The van der Waals surface area contributed by atoms with E-state index >= 15 is 0 Å². The molecule has 0 radical (unpaired) electrons.